The molecule has 1 aromatic carbocycles. The van der Waals surface area contributed by atoms with Crippen molar-refractivity contribution in [1.29, 1.82) is 0 Å². The molecule has 0 atom stereocenters. The van der Waals surface area contributed by atoms with E-state index in [1.54, 1.807) is 22.9 Å². The molecule has 3 aromatic rings. The number of halogens is 2. The van der Waals surface area contributed by atoms with Crippen molar-refractivity contribution in [3.63, 3.8) is 0 Å². The van der Waals surface area contributed by atoms with Crippen molar-refractivity contribution < 1.29 is 0 Å². The molecule has 0 aliphatic heterocycles. The number of anilines is 2. The lowest BCUT2D eigenvalue weighted by Crippen LogP contribution is -2.20. The summed E-state index contributed by atoms with van der Waals surface area (Å²) in [5.74, 6) is 0.435. The van der Waals surface area contributed by atoms with E-state index in [2.05, 4.69) is 37.9 Å². The van der Waals surface area contributed by atoms with Crippen LogP contribution in [-0.4, -0.2) is 14.5 Å². The minimum atomic E-state index is -0.0543. The first kappa shape index (κ1) is 16.2. The molecule has 0 unspecified atom stereocenters. The van der Waals surface area contributed by atoms with Crippen LogP contribution in [0.1, 0.15) is 13.3 Å². The fourth-order valence-corrected chi connectivity index (χ4v) is 2.79. The van der Waals surface area contributed by atoms with Crippen molar-refractivity contribution in [2.75, 3.05) is 5.32 Å². The SMILES string of the molecule is CCCn1c(=O)ccc2cnc(Nc3ccc(I)c(Cl)c3)nc21. The lowest BCUT2D eigenvalue weighted by Gasteiger charge is -2.10. The lowest BCUT2D eigenvalue weighted by atomic mass is 10.3. The van der Waals surface area contributed by atoms with E-state index in [-0.39, 0.29) is 5.56 Å². The van der Waals surface area contributed by atoms with Gasteiger partial charge in [-0.15, -0.1) is 0 Å². The molecule has 0 spiro atoms. The van der Waals surface area contributed by atoms with Gasteiger partial charge < -0.3 is 5.32 Å². The Morgan fingerprint density at radius 3 is 2.87 bits per heavy atom. The van der Waals surface area contributed by atoms with Gasteiger partial charge in [0.05, 0.1) is 5.02 Å². The molecule has 5 nitrogen and oxygen atoms in total. The fourth-order valence-electron chi connectivity index (χ4n) is 2.27. The molecule has 0 fully saturated rings. The minimum Gasteiger partial charge on any atom is -0.324 e. The predicted molar refractivity (Wildman–Crippen MR) is 102 cm³/mol. The monoisotopic (exact) mass is 440 g/mol. The zero-order valence-corrected chi connectivity index (χ0v) is 15.3. The van der Waals surface area contributed by atoms with Gasteiger partial charge in [0.15, 0.2) is 0 Å². The highest BCUT2D eigenvalue weighted by Crippen LogP contribution is 2.24. The molecule has 2 aromatic heterocycles. The first-order valence-electron chi connectivity index (χ1n) is 7.17. The third-order valence-electron chi connectivity index (χ3n) is 3.35. The van der Waals surface area contributed by atoms with Gasteiger partial charge >= 0.3 is 0 Å². The number of rotatable bonds is 4. The summed E-state index contributed by atoms with van der Waals surface area (Å²) in [6.07, 6.45) is 2.57. The third kappa shape index (κ3) is 3.48. The highest BCUT2D eigenvalue weighted by atomic mass is 127. The van der Waals surface area contributed by atoms with Crippen LogP contribution >= 0.6 is 34.2 Å². The summed E-state index contributed by atoms with van der Waals surface area (Å²) in [4.78, 5) is 20.8. The van der Waals surface area contributed by atoms with Gasteiger partial charge in [-0.05, 0) is 53.3 Å². The molecule has 0 amide bonds. The van der Waals surface area contributed by atoms with E-state index in [1.807, 2.05) is 25.1 Å². The van der Waals surface area contributed by atoms with Crippen LogP contribution in [-0.2, 0) is 6.54 Å². The average molecular weight is 441 g/mol. The Hall–Kier alpha value is -1.67. The zero-order chi connectivity index (χ0) is 16.4. The van der Waals surface area contributed by atoms with Gasteiger partial charge in [-0.3, -0.25) is 9.36 Å². The summed E-state index contributed by atoms with van der Waals surface area (Å²) < 4.78 is 2.65. The number of fused-ring (bicyclic) bond motifs is 1. The van der Waals surface area contributed by atoms with E-state index in [4.69, 9.17) is 11.6 Å². The first-order chi connectivity index (χ1) is 11.1. The molecular formula is C16H14ClIN4O. The van der Waals surface area contributed by atoms with Gasteiger partial charge in [-0.2, -0.15) is 4.98 Å². The summed E-state index contributed by atoms with van der Waals surface area (Å²) in [6, 6.07) is 8.94. The molecule has 0 saturated heterocycles. The van der Waals surface area contributed by atoms with Gasteiger partial charge in [0.25, 0.3) is 5.56 Å². The van der Waals surface area contributed by atoms with Crippen molar-refractivity contribution >= 4 is 56.9 Å². The van der Waals surface area contributed by atoms with Crippen molar-refractivity contribution in [2.45, 2.75) is 19.9 Å². The zero-order valence-electron chi connectivity index (χ0n) is 12.4. The molecule has 3 rings (SSSR count). The maximum Gasteiger partial charge on any atom is 0.252 e. The number of benzene rings is 1. The van der Waals surface area contributed by atoms with E-state index in [0.717, 1.165) is 21.1 Å². The molecule has 7 heteroatoms. The van der Waals surface area contributed by atoms with Crippen LogP contribution in [0.15, 0.2) is 41.3 Å². The van der Waals surface area contributed by atoms with E-state index in [0.29, 0.717) is 23.2 Å². The molecule has 2 heterocycles. The van der Waals surface area contributed by atoms with Crippen LogP contribution in [0.3, 0.4) is 0 Å². The van der Waals surface area contributed by atoms with Crippen molar-refractivity contribution in [2.24, 2.45) is 0 Å². The number of hydrogen-bond acceptors (Lipinski definition) is 4. The number of pyridine rings is 1. The molecule has 1 N–H and O–H groups in total. The topological polar surface area (TPSA) is 59.8 Å². The second kappa shape index (κ2) is 6.84. The smallest absolute Gasteiger partial charge is 0.252 e. The molecular weight excluding hydrogens is 427 g/mol. The first-order valence-corrected chi connectivity index (χ1v) is 8.63. The van der Waals surface area contributed by atoms with E-state index in [1.165, 1.54) is 0 Å². The number of nitrogens with one attached hydrogen (secondary N) is 1. The molecule has 0 bridgehead atoms. The standard InChI is InChI=1S/C16H14ClIN4O/c1-2-7-22-14(23)6-3-10-9-19-16(21-15(10)22)20-11-4-5-13(18)12(17)8-11/h3-6,8-9H,2,7H2,1H3,(H,19,20,21). The molecule has 23 heavy (non-hydrogen) atoms. The Labute approximate surface area is 151 Å². The summed E-state index contributed by atoms with van der Waals surface area (Å²) in [5, 5.41) is 4.63. The van der Waals surface area contributed by atoms with Crippen molar-refractivity contribution in [3.8, 4) is 0 Å². The number of hydrogen-bond donors (Lipinski definition) is 1. The van der Waals surface area contributed by atoms with Crippen LogP contribution in [0.25, 0.3) is 11.0 Å². The van der Waals surface area contributed by atoms with Gasteiger partial charge in [0, 0.05) is 33.5 Å². The molecule has 0 aliphatic rings. The summed E-state index contributed by atoms with van der Waals surface area (Å²) in [6.45, 7) is 2.65. The highest BCUT2D eigenvalue weighted by molar-refractivity contribution is 14.1. The maximum atomic E-state index is 12.0. The second-order valence-electron chi connectivity index (χ2n) is 5.05. The van der Waals surface area contributed by atoms with Crippen LogP contribution in [0.4, 0.5) is 11.6 Å². The molecule has 0 aliphatic carbocycles. The van der Waals surface area contributed by atoms with Crippen LogP contribution in [0.5, 0.6) is 0 Å². The van der Waals surface area contributed by atoms with Crippen LogP contribution < -0.4 is 10.9 Å². The molecule has 118 valence electrons. The normalized spacial score (nSPS) is 10.9. The van der Waals surface area contributed by atoms with E-state index < -0.39 is 0 Å². The van der Waals surface area contributed by atoms with Crippen LogP contribution in [0.2, 0.25) is 5.02 Å². The van der Waals surface area contributed by atoms with Gasteiger partial charge in [-0.25, -0.2) is 4.98 Å². The van der Waals surface area contributed by atoms with Gasteiger partial charge in [-0.1, -0.05) is 18.5 Å². The highest BCUT2D eigenvalue weighted by Gasteiger charge is 2.07. The number of aromatic nitrogens is 3. The Kier molecular flexibility index (Phi) is 4.82. The van der Waals surface area contributed by atoms with Crippen molar-refractivity contribution in [3.05, 3.63) is 55.5 Å². The van der Waals surface area contributed by atoms with Crippen molar-refractivity contribution in [1.82, 2.24) is 14.5 Å². The van der Waals surface area contributed by atoms with Gasteiger partial charge in [0.1, 0.15) is 5.65 Å². The van der Waals surface area contributed by atoms with E-state index in [9.17, 15) is 4.79 Å². The Morgan fingerprint density at radius 1 is 1.30 bits per heavy atom. The fraction of sp³-hybridized carbons (Fsp3) is 0.188. The Bertz CT molecular complexity index is 926. The second-order valence-corrected chi connectivity index (χ2v) is 6.62. The Morgan fingerprint density at radius 2 is 2.13 bits per heavy atom. The van der Waals surface area contributed by atoms with Crippen LogP contribution in [0, 0.1) is 3.57 Å². The largest absolute Gasteiger partial charge is 0.324 e. The number of nitrogens with zero attached hydrogens (tertiary/aromatic N) is 3. The summed E-state index contributed by atoms with van der Waals surface area (Å²) >= 11 is 8.30. The third-order valence-corrected chi connectivity index (χ3v) is 4.92. The Balaban J connectivity index is 2.03. The molecule has 0 radical (unpaired) electrons. The predicted octanol–water partition coefficient (Wildman–Crippen LogP) is 4.20. The van der Waals surface area contributed by atoms with Gasteiger partial charge in [0.2, 0.25) is 5.95 Å². The minimum absolute atomic E-state index is 0.0543. The number of aryl methyl sites for hydroxylation is 1. The summed E-state index contributed by atoms with van der Waals surface area (Å²) in [7, 11) is 0. The average Bonchev–Trinajstić information content (AvgIpc) is 2.54. The van der Waals surface area contributed by atoms with E-state index >= 15 is 0 Å². The summed E-state index contributed by atoms with van der Waals surface area (Å²) in [5.41, 5.74) is 1.38. The quantitative estimate of drug-likeness (QED) is 0.618. The maximum absolute atomic E-state index is 12.0. The molecule has 0 saturated carbocycles. The lowest BCUT2D eigenvalue weighted by molar-refractivity contribution is 0.671.